The Bertz CT molecular complexity index is 1110. The molecule has 10 heteroatoms. The summed E-state index contributed by atoms with van der Waals surface area (Å²) in [6.45, 7) is 3.79. The molecule has 2 rings (SSSR count). The van der Waals surface area contributed by atoms with Gasteiger partial charge in [0.25, 0.3) is 0 Å². The first-order chi connectivity index (χ1) is 16.6. The lowest BCUT2D eigenvalue weighted by Crippen LogP contribution is -2.48. The summed E-state index contributed by atoms with van der Waals surface area (Å²) in [5, 5.41) is 2.79. The van der Waals surface area contributed by atoms with E-state index in [2.05, 4.69) is 5.32 Å². The third-order valence-electron chi connectivity index (χ3n) is 5.57. The van der Waals surface area contributed by atoms with Crippen LogP contribution in [0.4, 0.5) is 14.5 Å². The van der Waals surface area contributed by atoms with E-state index in [1.165, 1.54) is 35.2 Å². The molecule has 0 unspecified atom stereocenters. The van der Waals surface area contributed by atoms with Crippen LogP contribution in [-0.2, 0) is 26.2 Å². The Morgan fingerprint density at radius 3 is 2.23 bits per heavy atom. The van der Waals surface area contributed by atoms with E-state index in [1.807, 2.05) is 6.92 Å². The highest BCUT2D eigenvalue weighted by atomic mass is 32.2. The molecule has 2 aromatic rings. The van der Waals surface area contributed by atoms with E-state index in [0.717, 1.165) is 29.5 Å². The van der Waals surface area contributed by atoms with E-state index in [9.17, 15) is 26.8 Å². The number of sulfonamides is 1. The molecule has 2 amide bonds. The zero-order chi connectivity index (χ0) is 26.0. The number of carbonyl (C=O) groups excluding carboxylic acids is 2. The van der Waals surface area contributed by atoms with Gasteiger partial charge in [0.2, 0.25) is 21.8 Å². The van der Waals surface area contributed by atoms with Crippen molar-refractivity contribution in [3.63, 3.8) is 0 Å². The van der Waals surface area contributed by atoms with Crippen LogP contribution in [0.15, 0.2) is 48.5 Å². The van der Waals surface area contributed by atoms with Crippen molar-refractivity contribution in [2.24, 2.45) is 0 Å². The van der Waals surface area contributed by atoms with E-state index in [0.29, 0.717) is 6.54 Å². The van der Waals surface area contributed by atoms with Gasteiger partial charge in [-0.25, -0.2) is 17.2 Å². The molecular formula is C25H33F2N3O4S. The summed E-state index contributed by atoms with van der Waals surface area (Å²) in [7, 11) is -3.80. The Balaban J connectivity index is 2.16. The molecule has 1 N–H and O–H groups in total. The third kappa shape index (κ3) is 8.31. The van der Waals surface area contributed by atoms with Crippen LogP contribution in [0.3, 0.4) is 0 Å². The maximum atomic E-state index is 14.3. The standard InChI is InChI=1S/C25H33F2N3O4S/c1-4-5-16-28-25(32)19(2)29(18-20-11-6-7-12-21(20)26)24(31)15-10-17-30(35(3,33)34)23-14-9-8-13-22(23)27/h6-9,11-14,19H,4-5,10,15-18H2,1-3H3,(H,28,32)/t19-/m0/s1. The second-order valence-electron chi connectivity index (χ2n) is 8.32. The minimum atomic E-state index is -3.80. The van der Waals surface area contributed by atoms with Crippen LogP contribution in [0.1, 0.15) is 45.1 Å². The number of carbonyl (C=O) groups is 2. The van der Waals surface area contributed by atoms with Gasteiger partial charge in [-0.1, -0.05) is 43.7 Å². The number of para-hydroxylation sites is 1. The van der Waals surface area contributed by atoms with E-state index in [1.54, 1.807) is 19.1 Å². The molecule has 0 aromatic heterocycles. The number of benzene rings is 2. The van der Waals surface area contributed by atoms with E-state index in [-0.39, 0.29) is 43.1 Å². The second kappa shape index (κ2) is 13.2. The van der Waals surface area contributed by atoms with Gasteiger partial charge in [0.05, 0.1) is 11.9 Å². The van der Waals surface area contributed by atoms with Crippen molar-refractivity contribution >= 4 is 27.5 Å². The summed E-state index contributed by atoms with van der Waals surface area (Å²) in [4.78, 5) is 27.1. The first kappa shape index (κ1) is 28.2. The molecule has 2 aromatic carbocycles. The van der Waals surface area contributed by atoms with Crippen LogP contribution < -0.4 is 9.62 Å². The van der Waals surface area contributed by atoms with Crippen molar-refractivity contribution in [1.82, 2.24) is 10.2 Å². The monoisotopic (exact) mass is 509 g/mol. The Kier molecular flexibility index (Phi) is 10.6. The average Bonchev–Trinajstić information content (AvgIpc) is 2.80. The number of amides is 2. The number of rotatable bonds is 13. The second-order valence-corrected chi connectivity index (χ2v) is 10.2. The number of anilines is 1. The molecule has 35 heavy (non-hydrogen) atoms. The topological polar surface area (TPSA) is 86.8 Å². The van der Waals surface area contributed by atoms with E-state index < -0.39 is 33.6 Å². The average molecular weight is 510 g/mol. The smallest absolute Gasteiger partial charge is 0.242 e. The van der Waals surface area contributed by atoms with Crippen molar-refractivity contribution in [3.8, 4) is 0 Å². The Labute approximate surface area is 206 Å². The molecule has 0 aliphatic carbocycles. The Hall–Kier alpha value is -3.01. The van der Waals surface area contributed by atoms with Crippen LogP contribution in [0.5, 0.6) is 0 Å². The lowest BCUT2D eigenvalue weighted by atomic mass is 10.1. The number of unbranched alkanes of at least 4 members (excludes halogenated alkanes) is 1. The highest BCUT2D eigenvalue weighted by molar-refractivity contribution is 7.92. The van der Waals surface area contributed by atoms with Crippen LogP contribution in [0.2, 0.25) is 0 Å². The van der Waals surface area contributed by atoms with Crippen molar-refractivity contribution < 1.29 is 26.8 Å². The van der Waals surface area contributed by atoms with Crippen molar-refractivity contribution in [2.45, 2.75) is 52.1 Å². The molecule has 0 radical (unpaired) electrons. The molecule has 0 aliphatic rings. The molecule has 0 bridgehead atoms. The molecule has 0 fully saturated rings. The molecular weight excluding hydrogens is 476 g/mol. The number of halogens is 2. The fraction of sp³-hybridized carbons (Fsp3) is 0.440. The predicted octanol–water partition coefficient (Wildman–Crippen LogP) is 3.84. The number of nitrogens with zero attached hydrogens (tertiary/aromatic N) is 2. The summed E-state index contributed by atoms with van der Waals surface area (Å²) in [6.07, 6.45) is 2.62. The molecule has 1 atom stereocenters. The zero-order valence-electron chi connectivity index (χ0n) is 20.3. The van der Waals surface area contributed by atoms with Gasteiger partial charge in [0, 0.05) is 31.6 Å². The highest BCUT2D eigenvalue weighted by Crippen LogP contribution is 2.22. The SMILES string of the molecule is CCCCNC(=O)[C@H](C)N(Cc1ccccc1F)C(=O)CCCN(c1ccccc1F)S(C)(=O)=O. The molecule has 0 spiro atoms. The first-order valence-electron chi connectivity index (χ1n) is 11.6. The van der Waals surface area contributed by atoms with E-state index >= 15 is 0 Å². The minimum absolute atomic E-state index is 0.0815. The minimum Gasteiger partial charge on any atom is -0.354 e. The summed E-state index contributed by atoms with van der Waals surface area (Å²) in [5.74, 6) is -1.98. The third-order valence-corrected chi connectivity index (χ3v) is 6.75. The highest BCUT2D eigenvalue weighted by Gasteiger charge is 2.27. The molecule has 0 aliphatic heterocycles. The van der Waals surface area contributed by atoms with Gasteiger partial charge >= 0.3 is 0 Å². The van der Waals surface area contributed by atoms with Crippen molar-refractivity contribution in [2.75, 3.05) is 23.7 Å². The van der Waals surface area contributed by atoms with Gasteiger partial charge in [0.1, 0.15) is 17.7 Å². The molecule has 0 saturated heterocycles. The van der Waals surface area contributed by atoms with Gasteiger partial charge in [-0.05, 0) is 38.0 Å². The predicted molar refractivity (Wildman–Crippen MR) is 132 cm³/mol. The summed E-state index contributed by atoms with van der Waals surface area (Å²) >= 11 is 0. The lowest BCUT2D eigenvalue weighted by Gasteiger charge is -2.29. The van der Waals surface area contributed by atoms with Gasteiger partial charge in [-0.3, -0.25) is 13.9 Å². The van der Waals surface area contributed by atoms with Crippen molar-refractivity contribution in [3.05, 3.63) is 65.7 Å². The normalized spacial score (nSPS) is 12.1. The molecule has 7 nitrogen and oxygen atoms in total. The molecule has 0 saturated carbocycles. The maximum absolute atomic E-state index is 14.3. The molecule has 0 heterocycles. The summed E-state index contributed by atoms with van der Waals surface area (Å²) < 4.78 is 54.0. The van der Waals surface area contributed by atoms with Crippen LogP contribution >= 0.6 is 0 Å². The lowest BCUT2D eigenvalue weighted by molar-refractivity contribution is -0.140. The van der Waals surface area contributed by atoms with Gasteiger partial charge in [-0.15, -0.1) is 0 Å². The summed E-state index contributed by atoms with van der Waals surface area (Å²) in [5.41, 5.74) is 0.160. The van der Waals surface area contributed by atoms with E-state index in [4.69, 9.17) is 0 Å². The number of hydrogen-bond acceptors (Lipinski definition) is 4. The fourth-order valence-electron chi connectivity index (χ4n) is 3.57. The van der Waals surface area contributed by atoms with Crippen molar-refractivity contribution in [1.29, 1.82) is 0 Å². The maximum Gasteiger partial charge on any atom is 0.242 e. The van der Waals surface area contributed by atoms with Crippen LogP contribution in [0, 0.1) is 11.6 Å². The van der Waals surface area contributed by atoms with Gasteiger partial charge < -0.3 is 10.2 Å². The summed E-state index contributed by atoms with van der Waals surface area (Å²) in [6, 6.07) is 10.6. The van der Waals surface area contributed by atoms with Gasteiger partial charge in [0.15, 0.2) is 0 Å². The quantitative estimate of drug-likeness (QED) is 0.416. The van der Waals surface area contributed by atoms with Gasteiger partial charge in [-0.2, -0.15) is 0 Å². The zero-order valence-corrected chi connectivity index (χ0v) is 21.2. The Morgan fingerprint density at radius 2 is 1.63 bits per heavy atom. The largest absolute Gasteiger partial charge is 0.354 e. The first-order valence-corrected chi connectivity index (χ1v) is 13.4. The van der Waals surface area contributed by atoms with Crippen LogP contribution in [0.25, 0.3) is 0 Å². The number of nitrogens with one attached hydrogen (secondary N) is 1. The molecule has 192 valence electrons. The number of hydrogen-bond donors (Lipinski definition) is 1. The van der Waals surface area contributed by atoms with Crippen LogP contribution in [-0.4, -0.2) is 50.5 Å². The Morgan fingerprint density at radius 1 is 1.00 bits per heavy atom. The fourth-order valence-corrected chi connectivity index (χ4v) is 4.53.